The van der Waals surface area contributed by atoms with Gasteiger partial charge in [-0.25, -0.2) is 4.79 Å². The highest BCUT2D eigenvalue weighted by molar-refractivity contribution is 7.19. The van der Waals surface area contributed by atoms with E-state index in [9.17, 15) is 4.79 Å². The van der Waals surface area contributed by atoms with Crippen molar-refractivity contribution >= 4 is 28.0 Å². The number of ether oxygens (including phenoxy) is 2. The summed E-state index contributed by atoms with van der Waals surface area (Å²) in [5.41, 5.74) is 6.19. The summed E-state index contributed by atoms with van der Waals surface area (Å²) in [7, 11) is 6.89. The Morgan fingerprint density at radius 1 is 1.40 bits per heavy atom. The molecule has 0 amide bonds. The molecule has 3 N–H and O–H groups in total. The van der Waals surface area contributed by atoms with Crippen LogP contribution in [0.2, 0.25) is 0 Å². The first-order valence-corrected chi connectivity index (χ1v) is 7.02. The van der Waals surface area contributed by atoms with Crippen molar-refractivity contribution in [2.75, 3.05) is 45.9 Å². The smallest absolute Gasteiger partial charge is 0.350 e. The van der Waals surface area contributed by atoms with Gasteiger partial charge in [0.15, 0.2) is 5.75 Å². The molecule has 114 valence electrons. The molecule has 7 heteroatoms. The van der Waals surface area contributed by atoms with Gasteiger partial charge >= 0.3 is 5.97 Å². The second-order valence-corrected chi connectivity index (χ2v) is 6.28. The lowest BCUT2D eigenvalue weighted by Crippen LogP contribution is -2.44. The molecule has 1 aromatic rings. The molecule has 1 heterocycles. The zero-order valence-electron chi connectivity index (χ0n) is 12.9. The van der Waals surface area contributed by atoms with Crippen LogP contribution in [-0.4, -0.2) is 51.3 Å². The van der Waals surface area contributed by atoms with Gasteiger partial charge in [0.2, 0.25) is 0 Å². The van der Waals surface area contributed by atoms with Gasteiger partial charge in [-0.3, -0.25) is 0 Å². The fourth-order valence-corrected chi connectivity index (χ4v) is 2.45. The third-order valence-electron chi connectivity index (χ3n) is 3.37. The summed E-state index contributed by atoms with van der Waals surface area (Å²) in [4.78, 5) is 14.1. The number of methoxy groups -OCH3 is 2. The summed E-state index contributed by atoms with van der Waals surface area (Å²) >= 11 is 1.24. The molecule has 0 aliphatic heterocycles. The van der Waals surface area contributed by atoms with Gasteiger partial charge in [0.05, 0.1) is 14.2 Å². The Morgan fingerprint density at radius 3 is 2.45 bits per heavy atom. The van der Waals surface area contributed by atoms with Crippen LogP contribution in [0.1, 0.15) is 23.5 Å². The predicted octanol–water partition coefficient (Wildman–Crippen LogP) is 1.88. The third-order valence-corrected chi connectivity index (χ3v) is 4.49. The van der Waals surface area contributed by atoms with Crippen molar-refractivity contribution in [2.45, 2.75) is 19.4 Å². The molecule has 0 spiro atoms. The summed E-state index contributed by atoms with van der Waals surface area (Å²) < 4.78 is 9.99. The van der Waals surface area contributed by atoms with Crippen LogP contribution in [0, 0.1) is 0 Å². The van der Waals surface area contributed by atoms with Crippen LogP contribution in [0.4, 0.5) is 10.7 Å². The Hall–Kier alpha value is -1.47. The first kappa shape index (κ1) is 16.6. The highest BCUT2D eigenvalue weighted by Crippen LogP contribution is 2.42. The Morgan fingerprint density at radius 2 is 2.00 bits per heavy atom. The van der Waals surface area contributed by atoms with E-state index >= 15 is 0 Å². The molecule has 0 atom stereocenters. The summed E-state index contributed by atoms with van der Waals surface area (Å²) in [5.74, 6) is 0.0377. The lowest BCUT2D eigenvalue weighted by atomic mass is 10.0. The highest BCUT2D eigenvalue weighted by Gasteiger charge is 2.25. The van der Waals surface area contributed by atoms with E-state index in [1.807, 2.05) is 14.1 Å². The number of rotatable bonds is 6. The van der Waals surface area contributed by atoms with Crippen molar-refractivity contribution in [3.05, 3.63) is 4.88 Å². The number of nitrogens with two attached hydrogens (primary N) is 1. The minimum Gasteiger partial charge on any atom is -0.492 e. The zero-order chi connectivity index (χ0) is 15.5. The molecule has 0 radical (unpaired) electrons. The average Bonchev–Trinajstić information content (AvgIpc) is 2.71. The molecule has 1 aromatic heterocycles. The molecule has 0 aliphatic rings. The van der Waals surface area contributed by atoms with Gasteiger partial charge in [-0.05, 0) is 27.9 Å². The number of nitrogens with zero attached hydrogens (tertiary/aromatic N) is 1. The third kappa shape index (κ3) is 3.34. The van der Waals surface area contributed by atoms with Gasteiger partial charge < -0.3 is 25.4 Å². The number of esters is 1. The molecule has 20 heavy (non-hydrogen) atoms. The molecule has 1 rings (SSSR count). The van der Waals surface area contributed by atoms with Crippen LogP contribution in [0.3, 0.4) is 0 Å². The van der Waals surface area contributed by atoms with Crippen LogP contribution in [0.25, 0.3) is 0 Å². The molecule has 0 unspecified atom stereocenters. The van der Waals surface area contributed by atoms with E-state index in [1.54, 1.807) is 0 Å². The molecular weight excluding hydrogens is 278 g/mol. The van der Waals surface area contributed by atoms with Gasteiger partial charge in [0.1, 0.15) is 15.6 Å². The van der Waals surface area contributed by atoms with E-state index in [0.29, 0.717) is 22.9 Å². The lowest BCUT2D eigenvalue weighted by Gasteiger charge is -2.32. The lowest BCUT2D eigenvalue weighted by molar-refractivity contribution is 0.0607. The summed E-state index contributed by atoms with van der Waals surface area (Å²) in [5, 5.41) is 4.03. The van der Waals surface area contributed by atoms with Crippen molar-refractivity contribution < 1.29 is 14.3 Å². The fraction of sp³-hybridized carbons (Fsp3) is 0.615. The van der Waals surface area contributed by atoms with Crippen LogP contribution < -0.4 is 15.8 Å². The highest BCUT2D eigenvalue weighted by atomic mass is 32.1. The fourth-order valence-electron chi connectivity index (χ4n) is 1.45. The van der Waals surface area contributed by atoms with E-state index in [2.05, 4.69) is 24.1 Å². The quantitative estimate of drug-likeness (QED) is 0.781. The van der Waals surface area contributed by atoms with E-state index in [4.69, 9.17) is 15.2 Å². The predicted molar refractivity (Wildman–Crippen MR) is 82.9 cm³/mol. The number of nitrogens with one attached hydrogen (secondary N) is 1. The number of nitrogen functional groups attached to an aromatic ring is 1. The Labute approximate surface area is 123 Å². The maximum atomic E-state index is 11.6. The number of likely N-dealkylation sites (N-methyl/N-ethyl adjacent to an activating group) is 1. The van der Waals surface area contributed by atoms with E-state index in [0.717, 1.165) is 5.00 Å². The van der Waals surface area contributed by atoms with Crippen molar-refractivity contribution in [3.8, 4) is 5.75 Å². The van der Waals surface area contributed by atoms with Crippen molar-refractivity contribution in [2.24, 2.45) is 0 Å². The van der Waals surface area contributed by atoms with Gasteiger partial charge in [-0.15, -0.1) is 11.3 Å². The molecule has 0 bridgehead atoms. The van der Waals surface area contributed by atoms with Crippen LogP contribution >= 0.6 is 11.3 Å². The Balaban J connectivity index is 2.98. The van der Waals surface area contributed by atoms with Gasteiger partial charge in [-0.2, -0.15) is 0 Å². The van der Waals surface area contributed by atoms with Gasteiger partial charge in [0, 0.05) is 12.1 Å². The van der Waals surface area contributed by atoms with Crippen LogP contribution in [0.5, 0.6) is 5.75 Å². The van der Waals surface area contributed by atoms with Crippen LogP contribution in [-0.2, 0) is 4.74 Å². The first-order valence-electron chi connectivity index (χ1n) is 6.20. The molecule has 0 saturated carbocycles. The first-order chi connectivity index (χ1) is 9.24. The number of hydrogen-bond donors (Lipinski definition) is 2. The number of hydrogen-bond acceptors (Lipinski definition) is 7. The zero-order valence-corrected chi connectivity index (χ0v) is 13.7. The molecule has 0 aliphatic carbocycles. The summed E-state index contributed by atoms with van der Waals surface area (Å²) in [6, 6.07) is 0. The summed E-state index contributed by atoms with van der Waals surface area (Å²) in [6.07, 6.45) is 0. The normalized spacial score (nSPS) is 11.6. The van der Waals surface area contributed by atoms with E-state index < -0.39 is 5.97 Å². The second kappa shape index (κ2) is 6.32. The number of carbonyl (C=O) groups excluding carboxylic acids is 1. The standard InChI is InChI=1S/C13H23N3O3S/c1-13(2,16(3)4)7-15-11-9(18-5)8(14)10(20-11)12(17)19-6/h15H,7,14H2,1-6H3. The molecule has 0 fully saturated rings. The second-order valence-electron chi connectivity index (χ2n) is 5.26. The Bertz CT molecular complexity index is 483. The molecule has 0 aromatic carbocycles. The maximum absolute atomic E-state index is 11.6. The molecule has 6 nitrogen and oxygen atoms in total. The maximum Gasteiger partial charge on any atom is 0.350 e. The summed E-state index contributed by atoms with van der Waals surface area (Å²) in [6.45, 7) is 4.92. The van der Waals surface area contributed by atoms with Crippen molar-refractivity contribution in [1.82, 2.24) is 4.90 Å². The van der Waals surface area contributed by atoms with Crippen molar-refractivity contribution in [3.63, 3.8) is 0 Å². The van der Waals surface area contributed by atoms with E-state index in [-0.39, 0.29) is 5.54 Å². The van der Waals surface area contributed by atoms with Gasteiger partial charge in [-0.1, -0.05) is 0 Å². The number of anilines is 2. The van der Waals surface area contributed by atoms with Crippen LogP contribution in [0.15, 0.2) is 0 Å². The largest absolute Gasteiger partial charge is 0.492 e. The number of carbonyl (C=O) groups is 1. The minimum absolute atomic E-state index is 0.0464. The topological polar surface area (TPSA) is 76.8 Å². The SMILES string of the molecule is COC(=O)c1sc(NCC(C)(C)N(C)C)c(OC)c1N. The monoisotopic (exact) mass is 301 g/mol. The average molecular weight is 301 g/mol. The van der Waals surface area contributed by atoms with Gasteiger partial charge in [0.25, 0.3) is 0 Å². The number of thiophene rings is 1. The molecular formula is C13H23N3O3S. The van der Waals surface area contributed by atoms with Crippen molar-refractivity contribution in [1.29, 1.82) is 0 Å². The minimum atomic E-state index is -0.453. The van der Waals surface area contributed by atoms with E-state index in [1.165, 1.54) is 25.6 Å². The molecule has 0 saturated heterocycles. The Kier molecular flexibility index (Phi) is 5.24.